The lowest BCUT2D eigenvalue weighted by Crippen LogP contribution is -1.96. The fourth-order valence-corrected chi connectivity index (χ4v) is 1.62. The number of ether oxygens (including phenoxy) is 1. The van der Waals surface area contributed by atoms with Crippen molar-refractivity contribution in [2.24, 2.45) is 0 Å². The van der Waals surface area contributed by atoms with Crippen molar-refractivity contribution in [2.45, 2.75) is 6.61 Å². The number of nitrogens with zero attached hydrogens (tertiary/aromatic N) is 3. The molecule has 3 rings (SSSR count). The second-order valence-corrected chi connectivity index (χ2v) is 4.08. The van der Waals surface area contributed by atoms with Crippen LogP contribution in [0.15, 0.2) is 53.2 Å². The largest absolute Gasteiger partial charge is 0.484 e. The van der Waals surface area contributed by atoms with Gasteiger partial charge < -0.3 is 15.0 Å². The van der Waals surface area contributed by atoms with E-state index in [4.69, 9.17) is 15.0 Å². The number of hydrogen-bond donors (Lipinski definition) is 1. The highest BCUT2D eigenvalue weighted by atomic mass is 16.5. The summed E-state index contributed by atoms with van der Waals surface area (Å²) in [6, 6.07) is 12.6. The van der Waals surface area contributed by atoms with Gasteiger partial charge in [-0.2, -0.15) is 4.98 Å². The maximum absolute atomic E-state index is 5.60. The Kier molecular flexibility index (Phi) is 3.28. The Morgan fingerprint density at radius 3 is 2.70 bits per heavy atom. The van der Waals surface area contributed by atoms with E-state index in [1.165, 1.54) is 0 Å². The van der Waals surface area contributed by atoms with Crippen LogP contribution in [0.4, 0.5) is 5.69 Å². The van der Waals surface area contributed by atoms with Crippen molar-refractivity contribution >= 4 is 5.69 Å². The molecule has 2 N–H and O–H groups in total. The van der Waals surface area contributed by atoms with Gasteiger partial charge in [-0.15, -0.1) is 0 Å². The minimum absolute atomic E-state index is 0.198. The van der Waals surface area contributed by atoms with E-state index in [9.17, 15) is 0 Å². The summed E-state index contributed by atoms with van der Waals surface area (Å²) >= 11 is 0. The summed E-state index contributed by atoms with van der Waals surface area (Å²) in [6.07, 6.45) is 1.68. The molecule has 0 atom stereocenters. The number of rotatable bonds is 4. The third kappa shape index (κ3) is 2.74. The lowest BCUT2D eigenvalue weighted by Gasteiger charge is -2.02. The first kappa shape index (κ1) is 12.2. The van der Waals surface area contributed by atoms with E-state index in [1.807, 2.05) is 18.2 Å². The van der Waals surface area contributed by atoms with Gasteiger partial charge in [-0.05, 0) is 36.4 Å². The van der Waals surface area contributed by atoms with Gasteiger partial charge in [0.2, 0.25) is 5.82 Å². The lowest BCUT2D eigenvalue weighted by molar-refractivity contribution is 0.243. The Morgan fingerprint density at radius 1 is 1.10 bits per heavy atom. The molecule has 100 valence electrons. The average molecular weight is 268 g/mol. The average Bonchev–Trinajstić information content (AvgIpc) is 2.97. The molecule has 0 spiro atoms. The predicted molar refractivity (Wildman–Crippen MR) is 72.7 cm³/mol. The first-order valence-corrected chi connectivity index (χ1v) is 6.03. The molecular weight excluding hydrogens is 256 g/mol. The van der Waals surface area contributed by atoms with Crippen LogP contribution in [-0.2, 0) is 6.61 Å². The quantitative estimate of drug-likeness (QED) is 0.730. The molecule has 20 heavy (non-hydrogen) atoms. The monoisotopic (exact) mass is 268 g/mol. The van der Waals surface area contributed by atoms with Crippen molar-refractivity contribution in [2.75, 3.05) is 5.73 Å². The zero-order chi connectivity index (χ0) is 13.8. The number of benzene rings is 1. The van der Waals surface area contributed by atoms with Gasteiger partial charge in [-0.25, -0.2) is 0 Å². The first-order chi connectivity index (χ1) is 9.81. The number of aromatic nitrogens is 3. The fourth-order valence-electron chi connectivity index (χ4n) is 1.62. The Morgan fingerprint density at radius 2 is 1.95 bits per heavy atom. The molecule has 2 aromatic heterocycles. The van der Waals surface area contributed by atoms with Crippen LogP contribution in [0, 0.1) is 0 Å². The van der Waals surface area contributed by atoms with Crippen LogP contribution in [0.25, 0.3) is 11.5 Å². The minimum Gasteiger partial charge on any atom is -0.484 e. The Hall–Kier alpha value is -2.89. The zero-order valence-corrected chi connectivity index (χ0v) is 10.6. The number of hydrogen-bond acceptors (Lipinski definition) is 6. The van der Waals surface area contributed by atoms with Crippen LogP contribution < -0.4 is 10.5 Å². The number of anilines is 1. The summed E-state index contributed by atoms with van der Waals surface area (Å²) in [7, 11) is 0. The SMILES string of the molecule is Nc1ccc(OCc2nc(-c3ccccn3)no2)cc1. The van der Waals surface area contributed by atoms with Crippen LogP contribution in [0.3, 0.4) is 0 Å². The van der Waals surface area contributed by atoms with E-state index < -0.39 is 0 Å². The molecule has 0 fully saturated rings. The maximum atomic E-state index is 5.60. The molecule has 0 aliphatic carbocycles. The molecule has 0 aliphatic rings. The van der Waals surface area contributed by atoms with Gasteiger partial charge in [0.15, 0.2) is 6.61 Å². The van der Waals surface area contributed by atoms with Crippen molar-refractivity contribution in [1.29, 1.82) is 0 Å². The molecule has 1 aromatic carbocycles. The molecule has 3 aromatic rings. The molecule has 0 saturated carbocycles. The Balaban J connectivity index is 1.67. The van der Waals surface area contributed by atoms with Crippen LogP contribution in [0.2, 0.25) is 0 Å². The van der Waals surface area contributed by atoms with E-state index in [2.05, 4.69) is 15.1 Å². The van der Waals surface area contributed by atoms with E-state index in [1.54, 1.807) is 30.5 Å². The van der Waals surface area contributed by atoms with Gasteiger partial charge >= 0.3 is 0 Å². The molecule has 0 radical (unpaired) electrons. The topological polar surface area (TPSA) is 87.1 Å². The smallest absolute Gasteiger partial charge is 0.264 e. The normalized spacial score (nSPS) is 10.4. The highest BCUT2D eigenvalue weighted by Crippen LogP contribution is 2.16. The molecule has 0 unspecified atom stereocenters. The molecule has 0 aliphatic heterocycles. The number of nitrogens with two attached hydrogens (primary N) is 1. The zero-order valence-electron chi connectivity index (χ0n) is 10.6. The third-order valence-corrected chi connectivity index (χ3v) is 2.60. The van der Waals surface area contributed by atoms with Gasteiger partial charge in [0.25, 0.3) is 5.89 Å². The highest BCUT2D eigenvalue weighted by molar-refractivity contribution is 5.47. The van der Waals surface area contributed by atoms with Gasteiger partial charge in [0.05, 0.1) is 0 Å². The molecule has 0 bridgehead atoms. The van der Waals surface area contributed by atoms with Gasteiger partial charge in [0, 0.05) is 11.9 Å². The summed E-state index contributed by atoms with van der Waals surface area (Å²) < 4.78 is 10.6. The van der Waals surface area contributed by atoms with E-state index in [0.29, 0.717) is 28.8 Å². The molecular formula is C14H12N4O2. The second kappa shape index (κ2) is 5.40. The van der Waals surface area contributed by atoms with Crippen LogP contribution >= 0.6 is 0 Å². The maximum Gasteiger partial charge on any atom is 0.264 e. The van der Waals surface area contributed by atoms with Crippen molar-refractivity contribution in [3.05, 3.63) is 54.6 Å². The first-order valence-electron chi connectivity index (χ1n) is 6.03. The van der Waals surface area contributed by atoms with Gasteiger partial charge in [-0.3, -0.25) is 4.98 Å². The molecule has 6 heteroatoms. The van der Waals surface area contributed by atoms with E-state index in [0.717, 1.165) is 0 Å². The van der Waals surface area contributed by atoms with E-state index in [-0.39, 0.29) is 6.61 Å². The predicted octanol–water partition coefficient (Wildman–Crippen LogP) is 2.29. The summed E-state index contributed by atoms with van der Waals surface area (Å²) in [6.45, 7) is 0.198. The van der Waals surface area contributed by atoms with Gasteiger partial charge in [-0.1, -0.05) is 11.2 Å². The summed E-state index contributed by atoms with van der Waals surface area (Å²) in [5.74, 6) is 1.53. The second-order valence-electron chi connectivity index (χ2n) is 4.08. The third-order valence-electron chi connectivity index (χ3n) is 2.60. The molecule has 2 heterocycles. The summed E-state index contributed by atoms with van der Waals surface area (Å²) in [5, 5.41) is 3.86. The fraction of sp³-hybridized carbons (Fsp3) is 0.0714. The van der Waals surface area contributed by atoms with Gasteiger partial charge in [0.1, 0.15) is 11.4 Å². The molecule has 0 amide bonds. The Labute approximate surface area is 115 Å². The van der Waals surface area contributed by atoms with Crippen LogP contribution in [0.1, 0.15) is 5.89 Å². The summed E-state index contributed by atoms with van der Waals surface area (Å²) in [5.41, 5.74) is 6.95. The van der Waals surface area contributed by atoms with Crippen LogP contribution in [-0.4, -0.2) is 15.1 Å². The van der Waals surface area contributed by atoms with Crippen molar-refractivity contribution in [1.82, 2.24) is 15.1 Å². The number of nitrogen functional groups attached to an aromatic ring is 1. The Bertz CT molecular complexity index is 680. The number of pyridine rings is 1. The standard InChI is InChI=1S/C14H12N4O2/c15-10-4-6-11(7-5-10)19-9-13-17-14(18-20-13)12-3-1-2-8-16-12/h1-8H,9,15H2. The van der Waals surface area contributed by atoms with E-state index >= 15 is 0 Å². The lowest BCUT2D eigenvalue weighted by atomic mass is 10.3. The van der Waals surface area contributed by atoms with Crippen molar-refractivity contribution in [3.8, 4) is 17.3 Å². The molecule has 0 saturated heterocycles. The van der Waals surface area contributed by atoms with Crippen molar-refractivity contribution < 1.29 is 9.26 Å². The van der Waals surface area contributed by atoms with Crippen molar-refractivity contribution in [3.63, 3.8) is 0 Å². The van der Waals surface area contributed by atoms with Crippen LogP contribution in [0.5, 0.6) is 5.75 Å². The molecule has 6 nitrogen and oxygen atoms in total. The summed E-state index contributed by atoms with van der Waals surface area (Å²) in [4.78, 5) is 8.37. The highest BCUT2D eigenvalue weighted by Gasteiger charge is 2.09. The minimum atomic E-state index is 0.198.